The first-order valence-electron chi connectivity index (χ1n) is 7.67. The van der Waals surface area contributed by atoms with Crippen molar-refractivity contribution in [3.05, 3.63) is 17.0 Å². The zero-order chi connectivity index (χ0) is 14.4. The van der Waals surface area contributed by atoms with Crippen molar-refractivity contribution in [3.8, 4) is 0 Å². The molecular weight excluding hydrogens is 286 g/mol. The molecule has 0 saturated carbocycles. The maximum atomic E-state index is 12.2. The molecule has 0 aromatic carbocycles. The first-order chi connectivity index (χ1) is 9.69. The number of likely N-dealkylation sites (tertiary alicyclic amines) is 1. The van der Waals surface area contributed by atoms with Crippen molar-refractivity contribution in [1.29, 1.82) is 0 Å². The molecule has 0 N–H and O–H groups in total. The highest BCUT2D eigenvalue weighted by Gasteiger charge is 2.17. The molecule has 0 radical (unpaired) electrons. The molecule has 0 unspecified atom stereocenters. The minimum absolute atomic E-state index is 0.317. The predicted molar refractivity (Wildman–Crippen MR) is 89.1 cm³/mol. The van der Waals surface area contributed by atoms with Gasteiger partial charge in [0.25, 0.3) is 0 Å². The lowest BCUT2D eigenvalue weighted by molar-refractivity contribution is 0.0957. The van der Waals surface area contributed by atoms with Crippen LogP contribution in [0.15, 0.2) is 16.3 Å². The average molecular weight is 312 g/mol. The molecule has 0 spiro atoms. The Bertz CT molecular complexity index is 422. The largest absolute Gasteiger partial charge is 0.303 e. The Morgan fingerprint density at radius 2 is 2.15 bits per heavy atom. The number of hydrogen-bond acceptors (Lipinski definition) is 4. The smallest absolute Gasteiger partial charge is 0.174 e. The summed E-state index contributed by atoms with van der Waals surface area (Å²) in [6.07, 6.45) is 4.42. The van der Waals surface area contributed by atoms with Gasteiger partial charge < -0.3 is 4.90 Å². The van der Waals surface area contributed by atoms with Crippen LogP contribution < -0.4 is 0 Å². The summed E-state index contributed by atoms with van der Waals surface area (Å²) in [5.74, 6) is 2.31. The summed E-state index contributed by atoms with van der Waals surface area (Å²) in [7, 11) is 0. The molecule has 1 aromatic rings. The number of carbonyl (C=O) groups excluding carboxylic acids is 1. The van der Waals surface area contributed by atoms with E-state index in [1.54, 1.807) is 11.3 Å². The van der Waals surface area contributed by atoms with Gasteiger partial charge in [0.15, 0.2) is 5.78 Å². The van der Waals surface area contributed by atoms with Gasteiger partial charge in [-0.05, 0) is 56.2 Å². The fourth-order valence-corrected chi connectivity index (χ4v) is 4.45. The van der Waals surface area contributed by atoms with E-state index in [0.29, 0.717) is 12.2 Å². The van der Waals surface area contributed by atoms with Crippen LogP contribution in [0, 0.1) is 5.92 Å². The lowest BCUT2D eigenvalue weighted by Crippen LogP contribution is -2.34. The van der Waals surface area contributed by atoms with Crippen molar-refractivity contribution >= 4 is 28.9 Å². The zero-order valence-corrected chi connectivity index (χ0v) is 14.2. The van der Waals surface area contributed by atoms with Gasteiger partial charge in [-0.1, -0.05) is 13.8 Å². The summed E-state index contributed by atoms with van der Waals surface area (Å²) in [5.41, 5.74) is 0. The summed E-state index contributed by atoms with van der Waals surface area (Å²) < 4.78 is 1.28. The van der Waals surface area contributed by atoms with Gasteiger partial charge in [0.05, 0.1) is 9.09 Å². The maximum Gasteiger partial charge on any atom is 0.174 e. The van der Waals surface area contributed by atoms with Crippen LogP contribution in [-0.4, -0.2) is 36.1 Å². The minimum Gasteiger partial charge on any atom is -0.303 e. The first kappa shape index (κ1) is 16.1. The number of hydrogen-bond donors (Lipinski definition) is 0. The highest BCUT2D eigenvalue weighted by Crippen LogP contribution is 2.28. The van der Waals surface area contributed by atoms with E-state index in [-0.39, 0.29) is 0 Å². The standard InChI is InChI=1S/C16H25NOS2/c1-3-12-19-16-5-4-15(20-16)14(18)8-11-17-9-6-13(2)7-10-17/h4-5,13H,3,6-12H2,1-2H3. The second-order valence-corrected chi connectivity index (χ2v) is 8.14. The van der Waals surface area contributed by atoms with E-state index in [1.165, 1.54) is 23.5 Å². The van der Waals surface area contributed by atoms with Crippen LogP contribution in [0.5, 0.6) is 0 Å². The predicted octanol–water partition coefficient (Wildman–Crippen LogP) is 4.55. The fraction of sp³-hybridized carbons (Fsp3) is 0.688. The van der Waals surface area contributed by atoms with E-state index in [0.717, 1.165) is 36.2 Å². The average Bonchev–Trinajstić information content (AvgIpc) is 2.93. The van der Waals surface area contributed by atoms with Gasteiger partial charge >= 0.3 is 0 Å². The highest BCUT2D eigenvalue weighted by molar-refractivity contribution is 8.01. The van der Waals surface area contributed by atoms with Crippen molar-refractivity contribution in [3.63, 3.8) is 0 Å². The summed E-state index contributed by atoms with van der Waals surface area (Å²) >= 11 is 3.52. The third-order valence-corrected chi connectivity index (χ3v) is 6.39. The summed E-state index contributed by atoms with van der Waals surface area (Å²) in [6, 6.07) is 4.10. The van der Waals surface area contributed by atoms with Gasteiger partial charge in [-0.15, -0.1) is 23.1 Å². The SMILES string of the molecule is CCCSc1ccc(C(=O)CCN2CCC(C)CC2)s1. The Hall–Kier alpha value is -0.320. The molecule has 1 saturated heterocycles. The molecule has 2 rings (SSSR count). The Labute approximate surface area is 130 Å². The van der Waals surface area contributed by atoms with E-state index < -0.39 is 0 Å². The lowest BCUT2D eigenvalue weighted by atomic mass is 9.99. The Kier molecular flexibility index (Phi) is 6.59. The number of Topliss-reactive ketones (excluding diaryl/α,β-unsaturated/α-hetero) is 1. The molecule has 1 aromatic heterocycles. The molecule has 0 aliphatic carbocycles. The number of ketones is 1. The Morgan fingerprint density at radius 3 is 2.85 bits per heavy atom. The van der Waals surface area contributed by atoms with Crippen molar-refractivity contribution < 1.29 is 4.79 Å². The van der Waals surface area contributed by atoms with E-state index >= 15 is 0 Å². The zero-order valence-electron chi connectivity index (χ0n) is 12.6. The topological polar surface area (TPSA) is 20.3 Å². The maximum absolute atomic E-state index is 12.2. The number of thioether (sulfide) groups is 1. The molecule has 1 aliphatic heterocycles. The van der Waals surface area contributed by atoms with Crippen LogP contribution in [0.25, 0.3) is 0 Å². The molecule has 0 bridgehead atoms. The van der Waals surface area contributed by atoms with Crippen LogP contribution in [0.3, 0.4) is 0 Å². The van der Waals surface area contributed by atoms with E-state index in [1.807, 2.05) is 17.8 Å². The molecule has 0 amide bonds. The number of rotatable bonds is 7. The molecule has 0 atom stereocenters. The van der Waals surface area contributed by atoms with Gasteiger partial charge in [0, 0.05) is 13.0 Å². The summed E-state index contributed by atoms with van der Waals surface area (Å²) in [5, 5.41) is 0. The first-order valence-corrected chi connectivity index (χ1v) is 9.47. The van der Waals surface area contributed by atoms with Crippen molar-refractivity contribution in [2.24, 2.45) is 5.92 Å². The Morgan fingerprint density at radius 1 is 1.40 bits per heavy atom. The number of nitrogens with zero attached hydrogens (tertiary/aromatic N) is 1. The monoisotopic (exact) mass is 311 g/mol. The van der Waals surface area contributed by atoms with Crippen LogP contribution in [-0.2, 0) is 0 Å². The van der Waals surface area contributed by atoms with Crippen LogP contribution in [0.4, 0.5) is 0 Å². The minimum atomic E-state index is 0.317. The molecule has 2 heterocycles. The molecule has 1 fully saturated rings. The van der Waals surface area contributed by atoms with Crippen molar-refractivity contribution in [2.45, 2.75) is 43.7 Å². The van der Waals surface area contributed by atoms with E-state index in [4.69, 9.17) is 0 Å². The normalized spacial score (nSPS) is 17.5. The molecule has 2 nitrogen and oxygen atoms in total. The summed E-state index contributed by atoms with van der Waals surface area (Å²) in [6.45, 7) is 7.77. The van der Waals surface area contributed by atoms with Crippen LogP contribution in [0.1, 0.15) is 49.2 Å². The fourth-order valence-electron chi connectivity index (χ4n) is 2.42. The van der Waals surface area contributed by atoms with Crippen LogP contribution in [0.2, 0.25) is 0 Å². The lowest BCUT2D eigenvalue weighted by Gasteiger charge is -2.29. The van der Waals surface area contributed by atoms with Gasteiger partial charge in [-0.2, -0.15) is 0 Å². The van der Waals surface area contributed by atoms with E-state index in [2.05, 4.69) is 24.8 Å². The van der Waals surface area contributed by atoms with Crippen LogP contribution >= 0.6 is 23.1 Å². The Balaban J connectivity index is 1.75. The second-order valence-electron chi connectivity index (χ2n) is 5.66. The summed E-state index contributed by atoms with van der Waals surface area (Å²) in [4.78, 5) is 15.6. The van der Waals surface area contributed by atoms with Gasteiger partial charge in [-0.3, -0.25) is 4.79 Å². The van der Waals surface area contributed by atoms with Crippen molar-refractivity contribution in [2.75, 3.05) is 25.4 Å². The molecular formula is C16H25NOS2. The molecule has 112 valence electrons. The third kappa shape index (κ3) is 4.90. The second kappa shape index (κ2) is 8.20. The third-order valence-electron chi connectivity index (χ3n) is 3.84. The van der Waals surface area contributed by atoms with Crippen molar-refractivity contribution in [1.82, 2.24) is 4.90 Å². The van der Waals surface area contributed by atoms with Gasteiger partial charge in [0.1, 0.15) is 0 Å². The quantitative estimate of drug-likeness (QED) is 0.544. The number of piperidine rings is 1. The van der Waals surface area contributed by atoms with E-state index in [9.17, 15) is 4.79 Å². The number of carbonyl (C=O) groups is 1. The van der Waals surface area contributed by atoms with Gasteiger partial charge in [-0.25, -0.2) is 0 Å². The van der Waals surface area contributed by atoms with Gasteiger partial charge in [0.2, 0.25) is 0 Å². The molecule has 20 heavy (non-hydrogen) atoms. The highest BCUT2D eigenvalue weighted by atomic mass is 32.2. The molecule has 1 aliphatic rings. The molecule has 4 heteroatoms. The number of thiophene rings is 1.